The second kappa shape index (κ2) is 12.0. The first kappa shape index (κ1) is 24.9. The molecule has 180 valence electrons. The highest BCUT2D eigenvalue weighted by molar-refractivity contribution is 7.13. The monoisotopic (exact) mass is 486 g/mol. The molecule has 0 aliphatic heterocycles. The SMILES string of the molecule is COC(=O)CN(Cc1cc(OC)cc(OC)c1)Cc1nnc(C(=O)Nc2ccc(OC)cc2)s1. The molecule has 0 radical (unpaired) electrons. The maximum absolute atomic E-state index is 12.6. The van der Waals surface area contributed by atoms with Gasteiger partial charge in [0, 0.05) is 18.3 Å². The zero-order valence-electron chi connectivity index (χ0n) is 19.4. The molecule has 1 N–H and O–H groups in total. The van der Waals surface area contributed by atoms with Gasteiger partial charge in [0.15, 0.2) is 0 Å². The first-order valence-corrected chi connectivity index (χ1v) is 11.0. The Kier molecular flexibility index (Phi) is 8.77. The number of nitrogens with zero attached hydrogens (tertiary/aromatic N) is 3. The van der Waals surface area contributed by atoms with Crippen molar-refractivity contribution in [1.82, 2.24) is 15.1 Å². The lowest BCUT2D eigenvalue weighted by atomic mass is 10.2. The number of anilines is 1. The molecule has 1 amide bonds. The van der Waals surface area contributed by atoms with Crippen LogP contribution in [0.5, 0.6) is 17.2 Å². The van der Waals surface area contributed by atoms with Gasteiger partial charge in [0.25, 0.3) is 5.91 Å². The minimum atomic E-state index is -0.392. The molecule has 3 aromatic rings. The van der Waals surface area contributed by atoms with Crippen molar-refractivity contribution in [3.63, 3.8) is 0 Å². The Morgan fingerprint density at radius 1 is 0.882 bits per heavy atom. The lowest BCUT2D eigenvalue weighted by Crippen LogP contribution is -2.29. The van der Waals surface area contributed by atoms with Gasteiger partial charge < -0.3 is 24.3 Å². The van der Waals surface area contributed by atoms with Crippen molar-refractivity contribution < 1.29 is 28.5 Å². The summed E-state index contributed by atoms with van der Waals surface area (Å²) in [5.41, 5.74) is 1.49. The van der Waals surface area contributed by atoms with Crippen LogP contribution in [0.1, 0.15) is 20.4 Å². The van der Waals surface area contributed by atoms with E-state index in [9.17, 15) is 9.59 Å². The number of ether oxygens (including phenoxy) is 4. The molecular weight excluding hydrogens is 460 g/mol. The largest absolute Gasteiger partial charge is 0.497 e. The average molecular weight is 487 g/mol. The highest BCUT2D eigenvalue weighted by Gasteiger charge is 2.18. The van der Waals surface area contributed by atoms with Gasteiger partial charge in [0.2, 0.25) is 5.01 Å². The number of hydrogen-bond donors (Lipinski definition) is 1. The Morgan fingerprint density at radius 2 is 1.53 bits per heavy atom. The molecule has 0 saturated carbocycles. The molecule has 0 unspecified atom stereocenters. The van der Waals surface area contributed by atoms with E-state index in [0.29, 0.717) is 41.0 Å². The summed E-state index contributed by atoms with van der Waals surface area (Å²) in [7, 11) is 6.06. The molecule has 0 saturated heterocycles. The Labute approximate surface area is 201 Å². The number of aromatic nitrogens is 2. The Balaban J connectivity index is 1.71. The second-order valence-corrected chi connectivity index (χ2v) is 8.19. The first-order chi connectivity index (χ1) is 16.4. The summed E-state index contributed by atoms with van der Waals surface area (Å²) < 4.78 is 20.6. The van der Waals surface area contributed by atoms with Crippen molar-refractivity contribution in [2.24, 2.45) is 0 Å². The molecule has 34 heavy (non-hydrogen) atoms. The molecule has 0 bridgehead atoms. The zero-order valence-corrected chi connectivity index (χ0v) is 20.2. The molecule has 3 rings (SSSR count). The third-order valence-electron chi connectivity index (χ3n) is 4.77. The summed E-state index contributed by atoms with van der Waals surface area (Å²) in [6.45, 7) is 0.723. The minimum absolute atomic E-state index is 0.0307. The van der Waals surface area contributed by atoms with Crippen LogP contribution in [-0.4, -0.2) is 62.0 Å². The summed E-state index contributed by atoms with van der Waals surface area (Å²) in [5.74, 6) is 1.21. The van der Waals surface area contributed by atoms with Gasteiger partial charge in [-0.2, -0.15) is 0 Å². The smallest absolute Gasteiger partial charge is 0.319 e. The van der Waals surface area contributed by atoms with Gasteiger partial charge in [-0.1, -0.05) is 11.3 Å². The van der Waals surface area contributed by atoms with Gasteiger partial charge in [-0.25, -0.2) is 0 Å². The third kappa shape index (κ3) is 6.90. The number of nitrogens with one attached hydrogen (secondary N) is 1. The number of carbonyl (C=O) groups is 2. The number of carbonyl (C=O) groups excluding carboxylic acids is 2. The van der Waals surface area contributed by atoms with Crippen LogP contribution in [0.4, 0.5) is 5.69 Å². The number of amides is 1. The Hall–Kier alpha value is -3.70. The zero-order chi connectivity index (χ0) is 24.5. The van der Waals surface area contributed by atoms with Crippen molar-refractivity contribution in [3.05, 3.63) is 58.0 Å². The molecule has 0 aliphatic carbocycles. The number of hydrogen-bond acceptors (Lipinski definition) is 10. The van der Waals surface area contributed by atoms with Crippen molar-refractivity contribution >= 4 is 28.9 Å². The van der Waals surface area contributed by atoms with Crippen molar-refractivity contribution in [3.8, 4) is 17.2 Å². The summed E-state index contributed by atoms with van der Waals surface area (Å²) >= 11 is 1.15. The molecule has 0 atom stereocenters. The summed E-state index contributed by atoms with van der Waals surface area (Å²) in [4.78, 5) is 26.4. The van der Waals surface area contributed by atoms with Crippen LogP contribution in [0.2, 0.25) is 0 Å². The van der Waals surface area contributed by atoms with E-state index in [0.717, 1.165) is 16.9 Å². The molecule has 1 aromatic heterocycles. The second-order valence-electron chi connectivity index (χ2n) is 7.13. The maximum Gasteiger partial charge on any atom is 0.319 e. The molecule has 1 heterocycles. The molecule has 0 fully saturated rings. The van der Waals surface area contributed by atoms with Crippen LogP contribution in [0, 0.1) is 0 Å². The summed E-state index contributed by atoms with van der Waals surface area (Å²) in [6.07, 6.45) is 0. The molecule has 0 aliphatic rings. The lowest BCUT2D eigenvalue weighted by Gasteiger charge is -2.20. The number of rotatable bonds is 11. The molecule has 0 spiro atoms. The van der Waals surface area contributed by atoms with E-state index in [1.165, 1.54) is 7.11 Å². The van der Waals surface area contributed by atoms with E-state index in [1.807, 2.05) is 17.0 Å². The van der Waals surface area contributed by atoms with Gasteiger partial charge in [0.05, 0.1) is 41.5 Å². The quantitative estimate of drug-likeness (QED) is 0.409. The van der Waals surface area contributed by atoms with Crippen LogP contribution in [0.15, 0.2) is 42.5 Å². The normalized spacial score (nSPS) is 10.6. The lowest BCUT2D eigenvalue weighted by molar-refractivity contribution is -0.142. The van der Waals surface area contributed by atoms with Crippen LogP contribution < -0.4 is 19.5 Å². The fourth-order valence-electron chi connectivity index (χ4n) is 3.09. The predicted octanol–water partition coefficient (Wildman–Crippen LogP) is 2.99. The Bertz CT molecular complexity index is 1100. The van der Waals surface area contributed by atoms with Crippen LogP contribution in [0.3, 0.4) is 0 Å². The minimum Gasteiger partial charge on any atom is -0.497 e. The van der Waals surface area contributed by atoms with Crippen LogP contribution >= 0.6 is 11.3 Å². The molecular formula is C23H26N4O6S. The van der Waals surface area contributed by atoms with E-state index < -0.39 is 5.97 Å². The predicted molar refractivity (Wildman–Crippen MR) is 127 cm³/mol. The van der Waals surface area contributed by atoms with Crippen molar-refractivity contribution in [2.75, 3.05) is 40.3 Å². The van der Waals surface area contributed by atoms with Crippen molar-refractivity contribution in [2.45, 2.75) is 13.1 Å². The van der Waals surface area contributed by atoms with E-state index in [1.54, 1.807) is 51.7 Å². The van der Waals surface area contributed by atoms with Gasteiger partial charge >= 0.3 is 5.97 Å². The average Bonchev–Trinajstić information content (AvgIpc) is 3.32. The van der Waals surface area contributed by atoms with E-state index in [-0.39, 0.29) is 17.5 Å². The van der Waals surface area contributed by atoms with Crippen molar-refractivity contribution in [1.29, 1.82) is 0 Å². The van der Waals surface area contributed by atoms with E-state index in [2.05, 4.69) is 15.5 Å². The van der Waals surface area contributed by atoms with E-state index in [4.69, 9.17) is 18.9 Å². The topological polar surface area (TPSA) is 112 Å². The number of benzene rings is 2. The molecule has 2 aromatic carbocycles. The van der Waals surface area contributed by atoms with Gasteiger partial charge in [-0.15, -0.1) is 10.2 Å². The maximum atomic E-state index is 12.6. The van der Waals surface area contributed by atoms with Crippen LogP contribution in [-0.2, 0) is 22.6 Å². The fourth-order valence-corrected chi connectivity index (χ4v) is 3.87. The third-order valence-corrected chi connectivity index (χ3v) is 5.67. The standard InChI is InChI=1S/C23H26N4O6S/c1-30-17-7-5-16(6-8-17)24-22(29)23-26-25-20(34-23)13-27(14-21(28)33-4)12-15-9-18(31-2)11-19(10-15)32-3/h5-11H,12-14H2,1-4H3,(H,24,29). The number of methoxy groups -OCH3 is 4. The van der Waals surface area contributed by atoms with Gasteiger partial charge in [-0.3, -0.25) is 14.5 Å². The van der Waals surface area contributed by atoms with E-state index >= 15 is 0 Å². The molecule has 10 nitrogen and oxygen atoms in total. The van der Waals surface area contributed by atoms with Gasteiger partial charge in [-0.05, 0) is 42.0 Å². The van der Waals surface area contributed by atoms with Crippen LogP contribution in [0.25, 0.3) is 0 Å². The highest BCUT2D eigenvalue weighted by Crippen LogP contribution is 2.24. The highest BCUT2D eigenvalue weighted by atomic mass is 32.1. The summed E-state index contributed by atoms with van der Waals surface area (Å²) in [5, 5.41) is 11.7. The number of esters is 1. The van der Waals surface area contributed by atoms with Gasteiger partial charge in [0.1, 0.15) is 22.3 Å². The first-order valence-electron chi connectivity index (χ1n) is 10.2. The molecule has 11 heteroatoms. The summed E-state index contributed by atoms with van der Waals surface area (Å²) in [6, 6.07) is 12.5. The fraction of sp³-hybridized carbons (Fsp3) is 0.304. The Morgan fingerprint density at radius 3 is 2.12 bits per heavy atom.